The van der Waals surface area contributed by atoms with Gasteiger partial charge in [0.2, 0.25) is 5.91 Å². The summed E-state index contributed by atoms with van der Waals surface area (Å²) in [5.74, 6) is -0.331. The first-order valence-electron chi connectivity index (χ1n) is 8.08. The first-order valence-corrected chi connectivity index (χ1v) is 8.08. The highest BCUT2D eigenvalue weighted by Gasteiger charge is 2.23. The molecule has 0 spiro atoms. The maximum absolute atomic E-state index is 12.9. The number of H-pyrrole nitrogens is 1. The minimum atomic E-state index is -0.306. The first kappa shape index (κ1) is 16.2. The van der Waals surface area contributed by atoms with Crippen LogP contribution in [0.1, 0.15) is 22.5 Å². The van der Waals surface area contributed by atoms with Gasteiger partial charge in [0, 0.05) is 32.4 Å². The molecule has 1 aliphatic rings. The quantitative estimate of drug-likeness (QED) is 0.937. The Balaban J connectivity index is 1.57. The van der Waals surface area contributed by atoms with Crippen LogP contribution in [0.3, 0.4) is 0 Å². The van der Waals surface area contributed by atoms with E-state index in [0.717, 1.165) is 12.0 Å². The molecule has 0 radical (unpaired) electrons. The second kappa shape index (κ2) is 7.29. The van der Waals surface area contributed by atoms with Crippen LogP contribution in [0.25, 0.3) is 0 Å². The third-order valence-electron chi connectivity index (χ3n) is 4.23. The molecule has 0 saturated carbocycles. The Morgan fingerprint density at radius 2 is 1.71 bits per heavy atom. The van der Waals surface area contributed by atoms with Crippen molar-refractivity contribution in [2.45, 2.75) is 12.8 Å². The second-order valence-corrected chi connectivity index (χ2v) is 5.91. The van der Waals surface area contributed by atoms with Crippen LogP contribution in [0.4, 0.5) is 4.39 Å². The zero-order valence-electron chi connectivity index (χ0n) is 13.4. The number of hydrogen-bond acceptors (Lipinski definition) is 2. The molecule has 5 nitrogen and oxygen atoms in total. The molecule has 24 heavy (non-hydrogen) atoms. The molecule has 0 unspecified atom stereocenters. The van der Waals surface area contributed by atoms with E-state index in [1.54, 1.807) is 40.3 Å². The van der Waals surface area contributed by atoms with Crippen LogP contribution in [0, 0.1) is 5.82 Å². The number of nitrogens with zero attached hydrogens (tertiary/aromatic N) is 2. The summed E-state index contributed by atoms with van der Waals surface area (Å²) in [6, 6.07) is 9.54. The average molecular weight is 329 g/mol. The SMILES string of the molecule is O=C(Cc1ccc(F)cc1)N1CCCN(C(=O)c2ccc[nH]2)CC1. The number of nitrogens with one attached hydrogen (secondary N) is 1. The van der Waals surface area contributed by atoms with Crippen LogP contribution < -0.4 is 0 Å². The summed E-state index contributed by atoms with van der Waals surface area (Å²) < 4.78 is 12.9. The number of aromatic amines is 1. The molecule has 1 fully saturated rings. The van der Waals surface area contributed by atoms with Crippen LogP contribution in [0.5, 0.6) is 0 Å². The fourth-order valence-electron chi connectivity index (χ4n) is 2.89. The fourth-order valence-corrected chi connectivity index (χ4v) is 2.89. The largest absolute Gasteiger partial charge is 0.357 e. The van der Waals surface area contributed by atoms with Gasteiger partial charge < -0.3 is 14.8 Å². The lowest BCUT2D eigenvalue weighted by molar-refractivity contribution is -0.130. The van der Waals surface area contributed by atoms with Crippen molar-refractivity contribution in [3.05, 3.63) is 59.7 Å². The van der Waals surface area contributed by atoms with Crippen molar-refractivity contribution in [1.29, 1.82) is 0 Å². The van der Waals surface area contributed by atoms with Crippen LogP contribution >= 0.6 is 0 Å². The lowest BCUT2D eigenvalue weighted by Crippen LogP contribution is -2.38. The molecule has 1 aromatic heterocycles. The second-order valence-electron chi connectivity index (χ2n) is 5.91. The smallest absolute Gasteiger partial charge is 0.270 e. The van der Waals surface area contributed by atoms with Gasteiger partial charge in [0.25, 0.3) is 5.91 Å². The average Bonchev–Trinajstić information content (AvgIpc) is 3.00. The molecular weight excluding hydrogens is 309 g/mol. The first-order chi connectivity index (χ1) is 11.6. The molecule has 0 atom stereocenters. The molecule has 1 N–H and O–H groups in total. The van der Waals surface area contributed by atoms with E-state index in [-0.39, 0.29) is 24.1 Å². The van der Waals surface area contributed by atoms with Crippen molar-refractivity contribution in [3.8, 4) is 0 Å². The zero-order valence-corrected chi connectivity index (χ0v) is 13.4. The lowest BCUT2D eigenvalue weighted by atomic mass is 10.1. The molecule has 0 bridgehead atoms. The van der Waals surface area contributed by atoms with Crippen molar-refractivity contribution in [2.24, 2.45) is 0 Å². The fraction of sp³-hybridized carbons (Fsp3) is 0.333. The highest BCUT2D eigenvalue weighted by Crippen LogP contribution is 2.11. The standard InChI is InChI=1S/C18H20FN3O2/c19-15-6-4-14(5-7-15)13-17(23)21-9-2-10-22(12-11-21)18(24)16-3-1-8-20-16/h1,3-8,20H,2,9-13H2. The van der Waals surface area contributed by atoms with Gasteiger partial charge in [0.15, 0.2) is 0 Å². The molecule has 1 aliphatic heterocycles. The molecule has 0 aliphatic carbocycles. The van der Waals surface area contributed by atoms with Crippen molar-refractivity contribution in [1.82, 2.24) is 14.8 Å². The lowest BCUT2D eigenvalue weighted by Gasteiger charge is -2.22. The molecule has 126 valence electrons. The molecule has 1 saturated heterocycles. The van der Waals surface area contributed by atoms with Gasteiger partial charge in [0.05, 0.1) is 6.42 Å². The summed E-state index contributed by atoms with van der Waals surface area (Å²) in [4.78, 5) is 31.3. The minimum Gasteiger partial charge on any atom is -0.357 e. The van der Waals surface area contributed by atoms with E-state index in [0.29, 0.717) is 31.9 Å². The van der Waals surface area contributed by atoms with Crippen molar-refractivity contribution in [3.63, 3.8) is 0 Å². The Kier molecular flexibility index (Phi) is 4.93. The van der Waals surface area contributed by atoms with E-state index in [1.807, 2.05) is 0 Å². The number of amides is 2. The van der Waals surface area contributed by atoms with Crippen LogP contribution in [-0.2, 0) is 11.2 Å². The maximum Gasteiger partial charge on any atom is 0.270 e. The zero-order chi connectivity index (χ0) is 16.9. The molecule has 2 amide bonds. The van der Waals surface area contributed by atoms with Crippen LogP contribution in [0.2, 0.25) is 0 Å². The third-order valence-corrected chi connectivity index (χ3v) is 4.23. The Morgan fingerprint density at radius 1 is 1.00 bits per heavy atom. The molecule has 2 heterocycles. The Bertz CT molecular complexity index is 698. The monoisotopic (exact) mass is 329 g/mol. The van der Waals surface area contributed by atoms with E-state index in [9.17, 15) is 14.0 Å². The van der Waals surface area contributed by atoms with E-state index >= 15 is 0 Å². The minimum absolute atomic E-state index is 0.00998. The molecule has 3 rings (SSSR count). The van der Waals surface area contributed by atoms with Crippen LogP contribution in [0.15, 0.2) is 42.6 Å². The van der Waals surface area contributed by atoms with Gasteiger partial charge in [-0.25, -0.2) is 4.39 Å². The topological polar surface area (TPSA) is 56.4 Å². The maximum atomic E-state index is 12.9. The summed E-state index contributed by atoms with van der Waals surface area (Å²) in [6.07, 6.45) is 2.73. The summed E-state index contributed by atoms with van der Waals surface area (Å²) in [7, 11) is 0. The van der Waals surface area contributed by atoms with Gasteiger partial charge >= 0.3 is 0 Å². The normalized spacial score (nSPS) is 15.2. The number of aromatic nitrogens is 1. The van der Waals surface area contributed by atoms with Crippen molar-refractivity contribution in [2.75, 3.05) is 26.2 Å². The number of hydrogen-bond donors (Lipinski definition) is 1. The van der Waals surface area contributed by atoms with Gasteiger partial charge in [0.1, 0.15) is 11.5 Å². The molecular formula is C18H20FN3O2. The van der Waals surface area contributed by atoms with Crippen molar-refractivity contribution >= 4 is 11.8 Å². The van der Waals surface area contributed by atoms with E-state index in [4.69, 9.17) is 0 Å². The van der Waals surface area contributed by atoms with Gasteiger partial charge in [-0.1, -0.05) is 12.1 Å². The van der Waals surface area contributed by atoms with Gasteiger partial charge in [-0.2, -0.15) is 0 Å². The molecule has 2 aromatic rings. The summed E-state index contributed by atoms with van der Waals surface area (Å²) in [5, 5.41) is 0. The highest BCUT2D eigenvalue weighted by molar-refractivity contribution is 5.92. The Morgan fingerprint density at radius 3 is 2.42 bits per heavy atom. The molecule has 6 heteroatoms. The summed E-state index contributed by atoms with van der Waals surface area (Å²) in [5.41, 5.74) is 1.37. The Labute approximate surface area is 140 Å². The van der Waals surface area contributed by atoms with E-state index < -0.39 is 0 Å². The van der Waals surface area contributed by atoms with E-state index in [2.05, 4.69) is 4.98 Å². The predicted molar refractivity (Wildman–Crippen MR) is 88.0 cm³/mol. The number of rotatable bonds is 3. The predicted octanol–water partition coefficient (Wildman–Crippen LogP) is 2.07. The number of carbonyl (C=O) groups is 2. The van der Waals surface area contributed by atoms with Gasteiger partial charge in [-0.05, 0) is 36.2 Å². The summed E-state index contributed by atoms with van der Waals surface area (Å²) in [6.45, 7) is 2.31. The Hall–Kier alpha value is -2.63. The van der Waals surface area contributed by atoms with E-state index in [1.165, 1.54) is 12.1 Å². The van der Waals surface area contributed by atoms with Gasteiger partial charge in [-0.15, -0.1) is 0 Å². The number of halogens is 1. The third kappa shape index (κ3) is 3.82. The van der Waals surface area contributed by atoms with Gasteiger partial charge in [-0.3, -0.25) is 9.59 Å². The number of benzene rings is 1. The van der Waals surface area contributed by atoms with Crippen molar-refractivity contribution < 1.29 is 14.0 Å². The highest BCUT2D eigenvalue weighted by atomic mass is 19.1. The van der Waals surface area contributed by atoms with Crippen LogP contribution in [-0.4, -0.2) is 52.8 Å². The number of carbonyl (C=O) groups excluding carboxylic acids is 2. The molecule has 1 aromatic carbocycles. The summed E-state index contributed by atoms with van der Waals surface area (Å²) >= 11 is 0.